The summed E-state index contributed by atoms with van der Waals surface area (Å²) in [6.45, 7) is 7.24. The molecule has 0 unspecified atom stereocenters. The zero-order valence-corrected chi connectivity index (χ0v) is 14.2. The molecule has 2 rings (SSSR count). The second-order valence-corrected chi connectivity index (χ2v) is 6.77. The molecule has 1 aromatic rings. The molecular weight excluding hydrogens is 272 g/mol. The Morgan fingerprint density at radius 1 is 1.14 bits per heavy atom. The molecule has 1 aromatic carbocycles. The van der Waals surface area contributed by atoms with Gasteiger partial charge in [-0.05, 0) is 37.3 Å². The summed E-state index contributed by atoms with van der Waals surface area (Å²) in [5.41, 5.74) is 1.15. The molecule has 22 heavy (non-hydrogen) atoms. The van der Waals surface area contributed by atoms with E-state index in [1.807, 2.05) is 6.07 Å². The Labute approximate surface area is 135 Å². The molecule has 1 saturated carbocycles. The van der Waals surface area contributed by atoms with Crippen LogP contribution in [0, 0.1) is 5.92 Å². The zero-order valence-electron chi connectivity index (χ0n) is 14.2. The van der Waals surface area contributed by atoms with Crippen molar-refractivity contribution in [2.75, 3.05) is 25.0 Å². The molecule has 0 aliphatic heterocycles. The van der Waals surface area contributed by atoms with Crippen molar-refractivity contribution in [3.8, 4) is 5.75 Å². The molecule has 0 radical (unpaired) electrons. The third-order valence-electron chi connectivity index (χ3n) is 4.29. The fourth-order valence-electron chi connectivity index (χ4n) is 2.90. The largest absolute Gasteiger partial charge is 0.494 e. The maximum Gasteiger partial charge on any atom is 0.121 e. The molecule has 0 spiro atoms. The normalized spacial score (nSPS) is 16.0. The van der Waals surface area contributed by atoms with Crippen LogP contribution in [0.1, 0.15) is 52.4 Å². The van der Waals surface area contributed by atoms with Crippen LogP contribution in [0.2, 0.25) is 0 Å². The Morgan fingerprint density at radius 2 is 1.95 bits per heavy atom. The van der Waals surface area contributed by atoms with Crippen molar-refractivity contribution in [2.24, 2.45) is 5.92 Å². The molecule has 1 aliphatic rings. The monoisotopic (exact) mass is 304 g/mol. The molecule has 124 valence electrons. The third-order valence-corrected chi connectivity index (χ3v) is 4.29. The summed E-state index contributed by atoms with van der Waals surface area (Å²) in [6, 6.07) is 9.03. The molecule has 3 heteroatoms. The Kier molecular flexibility index (Phi) is 7.58. The quantitative estimate of drug-likeness (QED) is 0.661. The van der Waals surface area contributed by atoms with Crippen LogP contribution in [0.3, 0.4) is 0 Å². The minimum atomic E-state index is 0.687. The lowest BCUT2D eigenvalue weighted by Crippen LogP contribution is -2.34. The van der Waals surface area contributed by atoms with Crippen LogP contribution in [0.25, 0.3) is 0 Å². The predicted octanol–water partition coefficient (Wildman–Crippen LogP) is 4.45. The highest BCUT2D eigenvalue weighted by Crippen LogP contribution is 2.18. The van der Waals surface area contributed by atoms with Crippen molar-refractivity contribution in [2.45, 2.75) is 58.4 Å². The van der Waals surface area contributed by atoms with E-state index >= 15 is 0 Å². The van der Waals surface area contributed by atoms with Crippen molar-refractivity contribution in [3.63, 3.8) is 0 Å². The van der Waals surface area contributed by atoms with Gasteiger partial charge >= 0.3 is 0 Å². The van der Waals surface area contributed by atoms with Crippen LogP contribution < -0.4 is 15.4 Å². The van der Waals surface area contributed by atoms with E-state index in [-0.39, 0.29) is 0 Å². The number of rotatable bonds is 9. The highest BCUT2D eigenvalue weighted by atomic mass is 16.5. The minimum Gasteiger partial charge on any atom is -0.494 e. The van der Waals surface area contributed by atoms with Gasteiger partial charge in [0.15, 0.2) is 0 Å². The van der Waals surface area contributed by atoms with Crippen LogP contribution in [-0.2, 0) is 0 Å². The summed E-state index contributed by atoms with van der Waals surface area (Å²) < 4.78 is 5.80. The van der Waals surface area contributed by atoms with E-state index in [1.54, 1.807) is 0 Å². The number of ether oxygens (including phenoxy) is 1. The number of nitrogens with one attached hydrogen (secondary N) is 2. The molecule has 2 N–H and O–H groups in total. The minimum absolute atomic E-state index is 0.687. The summed E-state index contributed by atoms with van der Waals surface area (Å²) in [4.78, 5) is 0. The second-order valence-electron chi connectivity index (χ2n) is 6.77. The lowest BCUT2D eigenvalue weighted by molar-refractivity contribution is 0.289. The maximum atomic E-state index is 5.80. The highest BCUT2D eigenvalue weighted by molar-refractivity contribution is 5.48. The summed E-state index contributed by atoms with van der Waals surface area (Å²) in [7, 11) is 0. The van der Waals surface area contributed by atoms with E-state index < -0.39 is 0 Å². The van der Waals surface area contributed by atoms with E-state index in [4.69, 9.17) is 4.74 Å². The van der Waals surface area contributed by atoms with E-state index in [2.05, 4.69) is 42.7 Å². The first-order valence-corrected chi connectivity index (χ1v) is 8.94. The number of anilines is 1. The molecule has 0 heterocycles. The van der Waals surface area contributed by atoms with Crippen molar-refractivity contribution in [1.82, 2.24) is 5.32 Å². The van der Waals surface area contributed by atoms with Crippen LogP contribution >= 0.6 is 0 Å². The number of hydrogen-bond acceptors (Lipinski definition) is 3. The molecule has 0 atom stereocenters. The van der Waals surface area contributed by atoms with Crippen LogP contribution in [0.4, 0.5) is 5.69 Å². The second kappa shape index (κ2) is 9.73. The van der Waals surface area contributed by atoms with E-state index in [0.717, 1.165) is 43.6 Å². The van der Waals surface area contributed by atoms with Gasteiger partial charge in [0.2, 0.25) is 0 Å². The van der Waals surface area contributed by atoms with Gasteiger partial charge in [-0.15, -0.1) is 0 Å². The Hall–Kier alpha value is -1.22. The topological polar surface area (TPSA) is 33.3 Å². The van der Waals surface area contributed by atoms with Gasteiger partial charge in [0.25, 0.3) is 0 Å². The van der Waals surface area contributed by atoms with Crippen LogP contribution in [-0.4, -0.2) is 25.7 Å². The predicted molar refractivity (Wildman–Crippen MR) is 94.8 cm³/mol. The third kappa shape index (κ3) is 6.69. The first kappa shape index (κ1) is 17.1. The lowest BCUT2D eigenvalue weighted by atomic mass is 9.95. The first-order valence-electron chi connectivity index (χ1n) is 8.94. The van der Waals surface area contributed by atoms with Gasteiger partial charge in [-0.3, -0.25) is 0 Å². The first-order chi connectivity index (χ1) is 10.7. The van der Waals surface area contributed by atoms with Gasteiger partial charge in [0, 0.05) is 30.9 Å². The molecule has 0 aromatic heterocycles. The summed E-state index contributed by atoms with van der Waals surface area (Å²) in [5, 5.41) is 7.14. The number of hydrogen-bond donors (Lipinski definition) is 2. The van der Waals surface area contributed by atoms with Crippen molar-refractivity contribution < 1.29 is 4.74 Å². The average molecular weight is 304 g/mol. The highest BCUT2D eigenvalue weighted by Gasteiger charge is 2.11. The van der Waals surface area contributed by atoms with Crippen molar-refractivity contribution >= 4 is 5.69 Å². The SMILES string of the molecule is CC(C)CCOc1cccc(NCCNC2CCCCC2)c1. The molecule has 1 aliphatic carbocycles. The van der Waals surface area contributed by atoms with E-state index in [0.29, 0.717) is 5.92 Å². The molecule has 0 bridgehead atoms. The van der Waals surface area contributed by atoms with Gasteiger partial charge in [0.1, 0.15) is 5.75 Å². The van der Waals surface area contributed by atoms with Gasteiger partial charge in [-0.2, -0.15) is 0 Å². The van der Waals surface area contributed by atoms with Gasteiger partial charge < -0.3 is 15.4 Å². The average Bonchev–Trinajstić information content (AvgIpc) is 2.53. The molecular formula is C19H32N2O. The zero-order chi connectivity index (χ0) is 15.6. The Morgan fingerprint density at radius 3 is 2.73 bits per heavy atom. The summed E-state index contributed by atoms with van der Waals surface area (Å²) in [5.74, 6) is 1.65. The molecule has 0 saturated heterocycles. The summed E-state index contributed by atoms with van der Waals surface area (Å²) >= 11 is 0. The van der Waals surface area contributed by atoms with E-state index in [9.17, 15) is 0 Å². The smallest absolute Gasteiger partial charge is 0.121 e. The van der Waals surface area contributed by atoms with Crippen LogP contribution in [0.5, 0.6) is 5.75 Å². The van der Waals surface area contributed by atoms with Crippen molar-refractivity contribution in [3.05, 3.63) is 24.3 Å². The fourth-order valence-corrected chi connectivity index (χ4v) is 2.90. The molecule has 3 nitrogen and oxygen atoms in total. The Balaban J connectivity index is 1.64. The lowest BCUT2D eigenvalue weighted by Gasteiger charge is -2.23. The number of benzene rings is 1. The standard InChI is InChI=1S/C19H32N2O/c1-16(2)11-14-22-19-10-6-9-18(15-19)21-13-12-20-17-7-4-3-5-8-17/h6,9-10,15-17,20-21H,3-5,7-8,11-14H2,1-2H3. The van der Waals surface area contributed by atoms with Crippen molar-refractivity contribution in [1.29, 1.82) is 0 Å². The molecule has 1 fully saturated rings. The fraction of sp³-hybridized carbons (Fsp3) is 0.684. The van der Waals surface area contributed by atoms with Gasteiger partial charge in [-0.25, -0.2) is 0 Å². The summed E-state index contributed by atoms with van der Waals surface area (Å²) in [6.07, 6.45) is 7.99. The van der Waals surface area contributed by atoms with Gasteiger partial charge in [-0.1, -0.05) is 39.2 Å². The van der Waals surface area contributed by atoms with E-state index in [1.165, 1.54) is 32.1 Å². The maximum absolute atomic E-state index is 5.80. The Bertz CT molecular complexity index is 414. The molecule has 0 amide bonds. The van der Waals surface area contributed by atoms with Gasteiger partial charge in [0.05, 0.1) is 6.61 Å². The van der Waals surface area contributed by atoms with Crippen LogP contribution in [0.15, 0.2) is 24.3 Å².